The average Bonchev–Trinajstić information content (AvgIpc) is 2.64. The zero-order valence-electron chi connectivity index (χ0n) is 15.6. The molecule has 1 spiro atoms. The normalized spacial score (nSPS) is 22.5. The van der Waals surface area contributed by atoms with Gasteiger partial charge in [-0.1, -0.05) is 12.1 Å². The molecule has 138 valence electrons. The van der Waals surface area contributed by atoms with Crippen LogP contribution in [0.4, 0.5) is 0 Å². The Morgan fingerprint density at radius 2 is 2.15 bits per heavy atom. The van der Waals surface area contributed by atoms with Crippen LogP contribution in [-0.4, -0.2) is 58.7 Å². The van der Waals surface area contributed by atoms with E-state index in [1.165, 1.54) is 18.4 Å². The number of nitrogens with zero attached hydrogens (tertiary/aromatic N) is 4. The lowest BCUT2D eigenvalue weighted by molar-refractivity contribution is -0.183. The summed E-state index contributed by atoms with van der Waals surface area (Å²) in [5.74, 6) is 0.632. The third-order valence-electron chi connectivity index (χ3n) is 5.51. The first-order valence-corrected chi connectivity index (χ1v) is 9.54. The fraction of sp³-hybridized carbons (Fsp3) is 0.524. The number of hydrogen-bond acceptors (Lipinski definition) is 5. The van der Waals surface area contributed by atoms with Crippen LogP contribution >= 0.6 is 0 Å². The topological polar surface area (TPSA) is 41.5 Å². The summed E-state index contributed by atoms with van der Waals surface area (Å²) < 4.78 is 6.33. The Morgan fingerprint density at radius 1 is 1.23 bits per heavy atom. The molecule has 2 aromatic rings. The van der Waals surface area contributed by atoms with Crippen molar-refractivity contribution in [3.8, 4) is 0 Å². The largest absolute Gasteiger partial charge is 0.372 e. The van der Waals surface area contributed by atoms with Gasteiger partial charge < -0.3 is 9.64 Å². The molecule has 2 saturated heterocycles. The first-order valence-electron chi connectivity index (χ1n) is 9.54. The molecule has 0 radical (unpaired) electrons. The maximum Gasteiger partial charge on any atom is 0.0935 e. The van der Waals surface area contributed by atoms with Crippen LogP contribution < -0.4 is 0 Å². The molecule has 0 aromatic carbocycles. The molecule has 26 heavy (non-hydrogen) atoms. The van der Waals surface area contributed by atoms with Crippen LogP contribution in [0.15, 0.2) is 48.9 Å². The minimum absolute atomic E-state index is 0.104. The number of rotatable bonds is 6. The van der Waals surface area contributed by atoms with Gasteiger partial charge >= 0.3 is 0 Å². The first-order chi connectivity index (χ1) is 12.7. The standard InChI is InChI=1S/C21H28N4O/c1-24(12-18-5-4-9-22-11-18)13-19-7-8-21(26-15-19)16-25(17-21)14-20-6-2-3-10-23-20/h2-6,9-11,19H,7-8,12-17H2,1H3/t19-/m1/s1. The van der Waals surface area contributed by atoms with Gasteiger partial charge in [-0.3, -0.25) is 14.9 Å². The van der Waals surface area contributed by atoms with Crippen LogP contribution in [0.2, 0.25) is 0 Å². The van der Waals surface area contributed by atoms with E-state index in [4.69, 9.17) is 4.74 Å². The highest BCUT2D eigenvalue weighted by Crippen LogP contribution is 2.36. The molecule has 0 N–H and O–H groups in total. The van der Waals surface area contributed by atoms with Crippen molar-refractivity contribution in [2.75, 3.05) is 33.3 Å². The summed E-state index contributed by atoms with van der Waals surface area (Å²) in [5.41, 5.74) is 2.52. The van der Waals surface area contributed by atoms with Crippen LogP contribution in [0, 0.1) is 5.92 Å². The Balaban J connectivity index is 1.19. The minimum Gasteiger partial charge on any atom is -0.372 e. The van der Waals surface area contributed by atoms with Gasteiger partial charge in [0.1, 0.15) is 0 Å². The van der Waals surface area contributed by atoms with E-state index in [-0.39, 0.29) is 5.60 Å². The van der Waals surface area contributed by atoms with Crippen molar-refractivity contribution in [1.29, 1.82) is 0 Å². The molecule has 1 atom stereocenters. The van der Waals surface area contributed by atoms with Crippen molar-refractivity contribution in [1.82, 2.24) is 19.8 Å². The predicted octanol–water partition coefficient (Wildman–Crippen LogP) is 2.59. The summed E-state index contributed by atoms with van der Waals surface area (Å²) in [4.78, 5) is 13.4. The fourth-order valence-corrected chi connectivity index (χ4v) is 4.22. The molecule has 0 aliphatic carbocycles. The van der Waals surface area contributed by atoms with E-state index < -0.39 is 0 Å². The molecule has 0 saturated carbocycles. The smallest absolute Gasteiger partial charge is 0.0935 e. The van der Waals surface area contributed by atoms with Gasteiger partial charge in [0.15, 0.2) is 0 Å². The first kappa shape index (κ1) is 17.6. The molecule has 2 aliphatic heterocycles. The van der Waals surface area contributed by atoms with Crippen molar-refractivity contribution >= 4 is 0 Å². The molecular formula is C21H28N4O. The molecule has 2 fully saturated rings. The Kier molecular flexibility index (Phi) is 5.29. The summed E-state index contributed by atoms with van der Waals surface area (Å²) in [6.45, 7) is 5.94. The van der Waals surface area contributed by atoms with E-state index in [2.05, 4.69) is 45.0 Å². The zero-order valence-corrected chi connectivity index (χ0v) is 15.6. The van der Waals surface area contributed by atoms with Crippen molar-refractivity contribution < 1.29 is 4.74 Å². The van der Waals surface area contributed by atoms with Gasteiger partial charge in [-0.2, -0.15) is 0 Å². The van der Waals surface area contributed by atoms with Gasteiger partial charge in [0, 0.05) is 51.3 Å². The van der Waals surface area contributed by atoms with Crippen molar-refractivity contribution in [3.63, 3.8) is 0 Å². The second-order valence-corrected chi connectivity index (χ2v) is 7.92. The van der Waals surface area contributed by atoms with E-state index >= 15 is 0 Å². The van der Waals surface area contributed by atoms with Gasteiger partial charge in [0.2, 0.25) is 0 Å². The number of ether oxygens (including phenoxy) is 1. The zero-order chi connectivity index (χ0) is 17.8. The molecule has 2 aliphatic rings. The molecular weight excluding hydrogens is 324 g/mol. The molecule has 5 heteroatoms. The second kappa shape index (κ2) is 7.82. The maximum absolute atomic E-state index is 6.33. The number of aromatic nitrogens is 2. The van der Waals surface area contributed by atoms with E-state index in [1.54, 1.807) is 0 Å². The minimum atomic E-state index is 0.104. The van der Waals surface area contributed by atoms with Gasteiger partial charge in [-0.15, -0.1) is 0 Å². The summed E-state index contributed by atoms with van der Waals surface area (Å²) in [6.07, 6.45) is 8.08. The van der Waals surface area contributed by atoms with Gasteiger partial charge in [0.25, 0.3) is 0 Å². The lowest BCUT2D eigenvalue weighted by Gasteiger charge is -2.53. The number of likely N-dealkylation sites (tertiary alicyclic amines) is 1. The maximum atomic E-state index is 6.33. The average molecular weight is 352 g/mol. The lowest BCUT2D eigenvalue weighted by Crippen LogP contribution is -2.64. The Bertz CT molecular complexity index is 678. The van der Waals surface area contributed by atoms with Crippen molar-refractivity contribution in [2.45, 2.75) is 31.5 Å². The fourth-order valence-electron chi connectivity index (χ4n) is 4.22. The third kappa shape index (κ3) is 4.29. The Hall–Kier alpha value is -1.82. The number of hydrogen-bond donors (Lipinski definition) is 0. The predicted molar refractivity (Wildman–Crippen MR) is 101 cm³/mol. The Morgan fingerprint density at radius 3 is 2.85 bits per heavy atom. The molecule has 4 heterocycles. The number of pyridine rings is 2. The molecule has 2 aromatic heterocycles. The van der Waals surface area contributed by atoms with Crippen LogP contribution in [-0.2, 0) is 17.8 Å². The molecule has 5 nitrogen and oxygen atoms in total. The molecule has 0 unspecified atom stereocenters. The molecule has 4 rings (SSSR count). The highest BCUT2D eigenvalue weighted by Gasteiger charge is 2.46. The highest BCUT2D eigenvalue weighted by atomic mass is 16.5. The quantitative estimate of drug-likeness (QED) is 0.799. The lowest BCUT2D eigenvalue weighted by atomic mass is 9.82. The van der Waals surface area contributed by atoms with E-state index in [0.717, 1.165) is 45.0 Å². The van der Waals surface area contributed by atoms with Crippen molar-refractivity contribution in [2.24, 2.45) is 5.92 Å². The summed E-state index contributed by atoms with van der Waals surface area (Å²) in [5, 5.41) is 0. The molecule has 0 bridgehead atoms. The summed E-state index contributed by atoms with van der Waals surface area (Å²) >= 11 is 0. The van der Waals surface area contributed by atoms with Gasteiger partial charge in [-0.05, 0) is 49.6 Å². The van der Waals surface area contributed by atoms with Crippen LogP contribution in [0.5, 0.6) is 0 Å². The van der Waals surface area contributed by atoms with Crippen LogP contribution in [0.3, 0.4) is 0 Å². The van der Waals surface area contributed by atoms with Gasteiger partial charge in [0.05, 0.1) is 17.9 Å². The van der Waals surface area contributed by atoms with Crippen LogP contribution in [0.25, 0.3) is 0 Å². The van der Waals surface area contributed by atoms with Gasteiger partial charge in [-0.25, -0.2) is 0 Å². The monoisotopic (exact) mass is 352 g/mol. The van der Waals surface area contributed by atoms with E-state index in [1.807, 2.05) is 30.7 Å². The van der Waals surface area contributed by atoms with Crippen LogP contribution in [0.1, 0.15) is 24.1 Å². The summed E-state index contributed by atoms with van der Waals surface area (Å²) in [7, 11) is 2.19. The van der Waals surface area contributed by atoms with Crippen molar-refractivity contribution in [3.05, 3.63) is 60.2 Å². The van der Waals surface area contributed by atoms with E-state index in [9.17, 15) is 0 Å². The Labute approximate surface area is 156 Å². The third-order valence-corrected chi connectivity index (χ3v) is 5.51. The second-order valence-electron chi connectivity index (χ2n) is 7.92. The highest BCUT2D eigenvalue weighted by molar-refractivity contribution is 5.09. The van der Waals surface area contributed by atoms with E-state index in [0.29, 0.717) is 5.92 Å². The summed E-state index contributed by atoms with van der Waals surface area (Å²) in [6, 6.07) is 10.3. The molecule has 0 amide bonds. The SMILES string of the molecule is CN(Cc1cccnc1)C[C@H]1CCC2(CN(Cc3ccccn3)C2)OC1.